The Kier molecular flexibility index (Phi) is 21.0. The fourth-order valence-corrected chi connectivity index (χ4v) is 0. The highest BCUT2D eigenvalue weighted by atomic mass is 16.6. The first-order chi connectivity index (χ1) is 3.83. The molecule has 0 spiro atoms. The molecule has 0 heterocycles. The van der Waals surface area contributed by atoms with Crippen LogP contribution in [-0.4, -0.2) is 18.2 Å². The molecule has 0 unspecified atom stereocenters. The van der Waals surface area contributed by atoms with E-state index in [4.69, 9.17) is 9.90 Å². The van der Waals surface area contributed by atoms with Crippen LogP contribution in [0.25, 0.3) is 0 Å². The van der Waals surface area contributed by atoms with Crippen molar-refractivity contribution in [2.75, 3.05) is 6.61 Å². The molecule has 0 aromatic rings. The van der Waals surface area contributed by atoms with Gasteiger partial charge >= 0.3 is 6.47 Å². The van der Waals surface area contributed by atoms with Crippen LogP contribution in [0.5, 0.6) is 0 Å². The summed E-state index contributed by atoms with van der Waals surface area (Å²) in [6.45, 7) is 2.40. The van der Waals surface area contributed by atoms with E-state index < -0.39 is 0 Å². The van der Waals surface area contributed by atoms with E-state index in [-0.39, 0.29) is 6.47 Å². The highest BCUT2D eigenvalue weighted by molar-refractivity contribution is 5.35. The van der Waals surface area contributed by atoms with Crippen LogP contribution in [0, 0.1) is 0 Å². The minimum absolute atomic E-state index is 0.153. The van der Waals surface area contributed by atoms with Crippen LogP contribution in [0.4, 0.5) is 0 Å². The fourth-order valence-electron chi connectivity index (χ4n) is 0. The Hall–Kier alpha value is -0.610. The summed E-state index contributed by atoms with van der Waals surface area (Å²) in [6.07, 6.45) is 0.875. The van der Waals surface area contributed by atoms with Crippen molar-refractivity contribution in [2.24, 2.45) is 5.90 Å². The van der Waals surface area contributed by atoms with Crippen molar-refractivity contribution in [1.82, 2.24) is 0 Å². The Balaban J connectivity index is 0. The van der Waals surface area contributed by atoms with Gasteiger partial charge in [0, 0.05) is 6.61 Å². The van der Waals surface area contributed by atoms with Crippen molar-refractivity contribution in [3.8, 4) is 0 Å². The summed E-state index contributed by atoms with van der Waals surface area (Å²) in [7, 11) is 0. The molecule has 0 atom stereocenters. The largest absolute Gasteiger partial charge is 0.396 e. The molecule has 0 amide bonds. The number of hydrogen-bond donors (Lipinski definition) is 2. The third-order valence-electron chi connectivity index (χ3n) is 0.279. The van der Waals surface area contributed by atoms with Crippen molar-refractivity contribution in [3.63, 3.8) is 0 Å². The number of hydrogen-bond acceptors (Lipinski definition) is 4. The lowest BCUT2D eigenvalue weighted by Gasteiger charge is -1.69. The van der Waals surface area contributed by atoms with Crippen LogP contribution >= 0.6 is 0 Å². The van der Waals surface area contributed by atoms with Crippen molar-refractivity contribution < 1.29 is 14.7 Å². The minimum atomic E-state index is 0.153. The zero-order chi connectivity index (χ0) is 6.83. The number of nitrogens with two attached hydrogens (primary N) is 1. The zero-order valence-electron chi connectivity index (χ0n) is 4.83. The smallest absolute Gasteiger partial charge is 0.312 e. The van der Waals surface area contributed by atoms with Crippen LogP contribution < -0.4 is 5.90 Å². The molecule has 4 heteroatoms. The Bertz CT molecular complexity index is 38.3. The first-order valence-electron chi connectivity index (χ1n) is 2.23. The summed E-state index contributed by atoms with van der Waals surface area (Å²) in [5, 5.41) is 7.88. The monoisotopic (exact) mass is 121 g/mol. The Morgan fingerprint density at radius 2 is 2.12 bits per heavy atom. The molecule has 0 rings (SSSR count). The normalized spacial score (nSPS) is 6.38. The summed E-state index contributed by atoms with van der Waals surface area (Å²) in [6, 6.07) is 0. The van der Waals surface area contributed by atoms with Gasteiger partial charge in [-0.25, -0.2) is 0 Å². The molecule has 0 radical (unpaired) electrons. The SMILES string of the molecule is CCCO.NOC=O. The van der Waals surface area contributed by atoms with Crippen LogP contribution in [0.15, 0.2) is 0 Å². The van der Waals surface area contributed by atoms with Crippen LogP contribution in [0.2, 0.25) is 0 Å². The van der Waals surface area contributed by atoms with E-state index in [0.29, 0.717) is 6.61 Å². The van der Waals surface area contributed by atoms with Gasteiger partial charge in [0.1, 0.15) is 0 Å². The number of aliphatic hydroxyl groups excluding tert-OH is 1. The van der Waals surface area contributed by atoms with E-state index >= 15 is 0 Å². The average molecular weight is 121 g/mol. The van der Waals surface area contributed by atoms with E-state index in [9.17, 15) is 0 Å². The maximum atomic E-state index is 8.83. The van der Waals surface area contributed by atoms with Gasteiger partial charge in [-0.05, 0) is 6.42 Å². The van der Waals surface area contributed by atoms with Gasteiger partial charge in [0.05, 0.1) is 0 Å². The molecule has 0 aromatic carbocycles. The maximum Gasteiger partial charge on any atom is 0.312 e. The molecule has 0 aliphatic heterocycles. The summed E-state index contributed by atoms with van der Waals surface area (Å²) in [5.41, 5.74) is 0. The second-order valence-corrected chi connectivity index (χ2v) is 0.956. The van der Waals surface area contributed by atoms with Crippen LogP contribution in [-0.2, 0) is 9.63 Å². The quantitative estimate of drug-likeness (QED) is 0.378. The lowest BCUT2D eigenvalue weighted by molar-refractivity contribution is -0.129. The second kappa shape index (κ2) is 16.2. The molecule has 0 aliphatic rings. The second-order valence-electron chi connectivity index (χ2n) is 0.956. The topological polar surface area (TPSA) is 72.6 Å². The summed E-state index contributed by atoms with van der Waals surface area (Å²) in [4.78, 5) is 12.2. The standard InChI is InChI=1S/C3H8O.CH3NO2/c1-2-3-4;2-4-1-3/h4H,2-3H2,1H3;1H,2H2. The molecule has 0 fully saturated rings. The van der Waals surface area contributed by atoms with Gasteiger partial charge in [-0.2, -0.15) is 5.90 Å². The molecule has 50 valence electrons. The van der Waals surface area contributed by atoms with Gasteiger partial charge in [0.2, 0.25) is 0 Å². The van der Waals surface area contributed by atoms with Gasteiger partial charge in [0.25, 0.3) is 0 Å². The van der Waals surface area contributed by atoms with Crippen molar-refractivity contribution in [1.29, 1.82) is 0 Å². The summed E-state index contributed by atoms with van der Waals surface area (Å²) < 4.78 is 0. The van der Waals surface area contributed by atoms with Gasteiger partial charge in [-0.3, -0.25) is 4.79 Å². The predicted octanol–water partition coefficient (Wildman–Crippen LogP) is -0.578. The first kappa shape index (κ1) is 10.4. The maximum absolute atomic E-state index is 8.83. The van der Waals surface area contributed by atoms with Gasteiger partial charge in [-0.1, -0.05) is 6.92 Å². The first-order valence-corrected chi connectivity index (χ1v) is 2.23. The van der Waals surface area contributed by atoms with Gasteiger partial charge < -0.3 is 9.94 Å². The predicted molar refractivity (Wildman–Crippen MR) is 28.7 cm³/mol. The fraction of sp³-hybridized carbons (Fsp3) is 0.750. The zero-order valence-corrected chi connectivity index (χ0v) is 4.83. The summed E-state index contributed by atoms with van der Waals surface area (Å²) in [5.74, 6) is 4.16. The highest BCUT2D eigenvalue weighted by Gasteiger charge is 1.57. The van der Waals surface area contributed by atoms with E-state index in [2.05, 4.69) is 10.7 Å². The Labute approximate surface area is 48.2 Å². The number of carbonyl (C=O) groups is 1. The van der Waals surface area contributed by atoms with E-state index in [1.807, 2.05) is 6.92 Å². The van der Waals surface area contributed by atoms with Gasteiger partial charge in [-0.15, -0.1) is 0 Å². The van der Waals surface area contributed by atoms with Crippen molar-refractivity contribution >= 4 is 6.47 Å². The molecule has 0 aromatic heterocycles. The lowest BCUT2D eigenvalue weighted by Crippen LogP contribution is -1.92. The molecule has 3 N–H and O–H groups in total. The van der Waals surface area contributed by atoms with Crippen molar-refractivity contribution in [2.45, 2.75) is 13.3 Å². The molecule has 0 saturated heterocycles. The van der Waals surface area contributed by atoms with E-state index in [1.165, 1.54) is 0 Å². The molecule has 4 nitrogen and oxygen atoms in total. The summed E-state index contributed by atoms with van der Waals surface area (Å²) >= 11 is 0. The highest BCUT2D eigenvalue weighted by Crippen LogP contribution is 1.61. The molecule has 0 bridgehead atoms. The molecule has 8 heavy (non-hydrogen) atoms. The molecule has 0 saturated carbocycles. The molecular weight excluding hydrogens is 110 g/mol. The molecule has 0 aliphatic carbocycles. The van der Waals surface area contributed by atoms with E-state index in [1.54, 1.807) is 0 Å². The number of carbonyl (C=O) groups excluding carboxylic acids is 1. The third kappa shape index (κ3) is 53.8. The Morgan fingerprint density at radius 3 is 2.12 bits per heavy atom. The third-order valence-corrected chi connectivity index (χ3v) is 0.279. The molecular formula is C4H11NO3. The minimum Gasteiger partial charge on any atom is -0.396 e. The van der Waals surface area contributed by atoms with E-state index in [0.717, 1.165) is 6.42 Å². The lowest BCUT2D eigenvalue weighted by atomic mass is 10.5. The van der Waals surface area contributed by atoms with Crippen molar-refractivity contribution in [3.05, 3.63) is 0 Å². The van der Waals surface area contributed by atoms with Crippen LogP contribution in [0.3, 0.4) is 0 Å². The Morgan fingerprint density at radius 1 is 1.88 bits per heavy atom. The number of aliphatic hydroxyl groups is 1. The van der Waals surface area contributed by atoms with Gasteiger partial charge in [0.15, 0.2) is 0 Å². The number of rotatable bonds is 2. The average Bonchev–Trinajstić information content (AvgIpc) is 1.88. The van der Waals surface area contributed by atoms with Crippen LogP contribution in [0.1, 0.15) is 13.3 Å².